The Morgan fingerprint density at radius 1 is 1.40 bits per heavy atom. The van der Waals surface area contributed by atoms with E-state index in [1.807, 2.05) is 0 Å². The Kier molecular flexibility index (Phi) is 3.63. The lowest BCUT2D eigenvalue weighted by atomic mass is 9.85. The van der Waals surface area contributed by atoms with Crippen LogP contribution in [0.2, 0.25) is 0 Å². The van der Waals surface area contributed by atoms with E-state index in [0.29, 0.717) is 5.54 Å². The summed E-state index contributed by atoms with van der Waals surface area (Å²) in [5.74, 6) is 4.34. The molecule has 0 radical (unpaired) electrons. The summed E-state index contributed by atoms with van der Waals surface area (Å²) in [5.41, 5.74) is 0.419. The smallest absolute Gasteiger partial charge is 0.0197 e. The normalized spacial score (nSPS) is 34.6. The largest absolute Gasteiger partial charge is 0.316 e. The third-order valence-electron chi connectivity index (χ3n) is 4.23. The first-order valence-corrected chi connectivity index (χ1v) is 7.35. The topological polar surface area (TPSA) is 15.3 Å². The summed E-state index contributed by atoms with van der Waals surface area (Å²) in [7, 11) is 0. The summed E-state index contributed by atoms with van der Waals surface area (Å²) < 4.78 is 0. The number of thioether (sulfide) groups is 1. The zero-order valence-corrected chi connectivity index (χ0v) is 11.1. The van der Waals surface area contributed by atoms with Gasteiger partial charge < -0.3 is 5.32 Å². The van der Waals surface area contributed by atoms with Crippen LogP contribution in [0.25, 0.3) is 0 Å². The van der Waals surface area contributed by atoms with Crippen molar-refractivity contribution >= 4 is 11.8 Å². The van der Waals surface area contributed by atoms with Crippen molar-refractivity contribution in [2.24, 2.45) is 11.8 Å². The molecule has 0 bridgehead atoms. The van der Waals surface area contributed by atoms with E-state index in [2.05, 4.69) is 42.7 Å². The summed E-state index contributed by atoms with van der Waals surface area (Å²) >= 11 is 2.07. The fourth-order valence-corrected chi connectivity index (χ4v) is 3.84. The van der Waals surface area contributed by atoms with Crippen molar-refractivity contribution in [1.29, 1.82) is 0 Å². The van der Waals surface area contributed by atoms with Crippen LogP contribution in [0, 0.1) is 11.8 Å². The van der Waals surface area contributed by atoms with Gasteiger partial charge in [-0.1, -0.05) is 6.92 Å². The molecule has 3 heteroatoms. The van der Waals surface area contributed by atoms with Crippen LogP contribution >= 0.6 is 11.8 Å². The van der Waals surface area contributed by atoms with E-state index in [1.165, 1.54) is 37.7 Å². The molecule has 0 aromatic carbocycles. The zero-order chi connectivity index (χ0) is 10.9. The van der Waals surface area contributed by atoms with Crippen molar-refractivity contribution < 1.29 is 0 Å². The molecule has 0 aromatic heterocycles. The first kappa shape index (κ1) is 11.7. The van der Waals surface area contributed by atoms with Gasteiger partial charge in [0.1, 0.15) is 0 Å². The molecule has 0 spiro atoms. The van der Waals surface area contributed by atoms with Gasteiger partial charge in [-0.05, 0) is 38.0 Å². The van der Waals surface area contributed by atoms with Gasteiger partial charge in [-0.2, -0.15) is 11.8 Å². The molecule has 2 saturated heterocycles. The highest BCUT2D eigenvalue weighted by molar-refractivity contribution is 7.99. The van der Waals surface area contributed by atoms with Crippen LogP contribution in [0.4, 0.5) is 0 Å². The summed E-state index contributed by atoms with van der Waals surface area (Å²) in [6.07, 6.45) is 0. The third kappa shape index (κ3) is 2.20. The lowest BCUT2D eigenvalue weighted by Gasteiger charge is -2.35. The summed E-state index contributed by atoms with van der Waals surface area (Å²) in [4.78, 5) is 2.71. The van der Waals surface area contributed by atoms with E-state index in [4.69, 9.17) is 0 Å². The molecule has 2 atom stereocenters. The zero-order valence-electron chi connectivity index (χ0n) is 10.3. The lowest BCUT2D eigenvalue weighted by molar-refractivity contribution is 0.149. The van der Waals surface area contributed by atoms with Crippen LogP contribution in [-0.2, 0) is 0 Å². The molecule has 2 rings (SSSR count). The highest BCUT2D eigenvalue weighted by Crippen LogP contribution is 2.40. The first-order chi connectivity index (χ1) is 7.16. The van der Waals surface area contributed by atoms with Gasteiger partial charge in [0.25, 0.3) is 0 Å². The Morgan fingerprint density at radius 3 is 2.87 bits per heavy atom. The second kappa shape index (κ2) is 4.64. The minimum Gasteiger partial charge on any atom is -0.316 e. The molecule has 0 aromatic rings. The predicted octanol–water partition coefficient (Wildman–Crippen LogP) is 1.67. The van der Waals surface area contributed by atoms with Crippen molar-refractivity contribution in [3.63, 3.8) is 0 Å². The highest BCUT2D eigenvalue weighted by atomic mass is 32.2. The fourth-order valence-electron chi connectivity index (χ4n) is 3.20. The van der Waals surface area contributed by atoms with E-state index in [0.717, 1.165) is 11.8 Å². The van der Waals surface area contributed by atoms with Crippen LogP contribution in [0.3, 0.4) is 0 Å². The average molecular weight is 228 g/mol. The molecule has 2 unspecified atom stereocenters. The molecule has 2 heterocycles. The molecule has 1 N–H and O–H groups in total. The Bertz CT molecular complexity index is 218. The van der Waals surface area contributed by atoms with E-state index in [1.54, 1.807) is 0 Å². The molecule has 88 valence electrons. The van der Waals surface area contributed by atoms with Crippen LogP contribution in [0.5, 0.6) is 0 Å². The lowest BCUT2D eigenvalue weighted by Crippen LogP contribution is -2.45. The molecule has 0 amide bonds. The number of hydrogen-bond donors (Lipinski definition) is 1. The molecule has 0 aliphatic carbocycles. The minimum atomic E-state index is 0.419. The van der Waals surface area contributed by atoms with Crippen molar-refractivity contribution in [2.75, 3.05) is 37.7 Å². The summed E-state index contributed by atoms with van der Waals surface area (Å²) in [5, 5.41) is 3.54. The first-order valence-electron chi connectivity index (χ1n) is 6.19. The maximum Gasteiger partial charge on any atom is 0.0197 e. The van der Waals surface area contributed by atoms with E-state index >= 15 is 0 Å². The third-order valence-corrected chi connectivity index (χ3v) is 5.11. The quantitative estimate of drug-likeness (QED) is 0.737. The number of fused-ring (bicyclic) bond motifs is 1. The van der Waals surface area contributed by atoms with E-state index < -0.39 is 0 Å². The number of nitrogens with one attached hydrogen (secondary N) is 1. The number of rotatable bonds is 4. The second-order valence-electron chi connectivity index (χ2n) is 5.32. The Morgan fingerprint density at radius 2 is 2.20 bits per heavy atom. The van der Waals surface area contributed by atoms with E-state index in [9.17, 15) is 0 Å². The Hall–Kier alpha value is 0.270. The monoisotopic (exact) mass is 228 g/mol. The van der Waals surface area contributed by atoms with Crippen LogP contribution in [-0.4, -0.2) is 48.1 Å². The highest BCUT2D eigenvalue weighted by Gasteiger charge is 2.48. The van der Waals surface area contributed by atoms with Crippen LogP contribution in [0.15, 0.2) is 0 Å². The maximum absolute atomic E-state index is 3.54. The van der Waals surface area contributed by atoms with Crippen LogP contribution < -0.4 is 5.32 Å². The van der Waals surface area contributed by atoms with Gasteiger partial charge in [-0.15, -0.1) is 0 Å². The summed E-state index contributed by atoms with van der Waals surface area (Å²) in [6, 6.07) is 0. The Labute approximate surface area is 98.2 Å². The molecular weight excluding hydrogens is 204 g/mol. The molecule has 2 fully saturated rings. The van der Waals surface area contributed by atoms with Crippen molar-refractivity contribution in [3.8, 4) is 0 Å². The van der Waals surface area contributed by atoms with Gasteiger partial charge in [0, 0.05) is 30.9 Å². The van der Waals surface area contributed by atoms with Gasteiger partial charge in [-0.25, -0.2) is 0 Å². The minimum absolute atomic E-state index is 0.419. The molecule has 15 heavy (non-hydrogen) atoms. The molecule has 0 saturated carbocycles. The maximum atomic E-state index is 3.54. The molecular formula is C12H24N2S. The predicted molar refractivity (Wildman–Crippen MR) is 68.5 cm³/mol. The molecule has 2 aliphatic rings. The Balaban J connectivity index is 1.90. The SMILES string of the molecule is CCSCCN1CC2CNCC2C1(C)C. The van der Waals surface area contributed by atoms with Crippen molar-refractivity contribution in [1.82, 2.24) is 10.2 Å². The fraction of sp³-hybridized carbons (Fsp3) is 1.00. The number of hydrogen-bond acceptors (Lipinski definition) is 3. The van der Waals surface area contributed by atoms with Gasteiger partial charge in [0.05, 0.1) is 0 Å². The van der Waals surface area contributed by atoms with E-state index in [-0.39, 0.29) is 0 Å². The standard InChI is InChI=1S/C12H24N2S/c1-4-15-6-5-14-9-10-7-13-8-11(10)12(14,2)3/h10-11,13H,4-9H2,1-3H3. The van der Waals surface area contributed by atoms with Crippen molar-refractivity contribution in [3.05, 3.63) is 0 Å². The van der Waals surface area contributed by atoms with Crippen molar-refractivity contribution in [2.45, 2.75) is 26.3 Å². The van der Waals surface area contributed by atoms with Gasteiger partial charge in [0.2, 0.25) is 0 Å². The number of likely N-dealkylation sites (tertiary alicyclic amines) is 1. The molecule has 2 aliphatic heterocycles. The molecule has 2 nitrogen and oxygen atoms in total. The average Bonchev–Trinajstić information content (AvgIpc) is 2.72. The van der Waals surface area contributed by atoms with Gasteiger partial charge >= 0.3 is 0 Å². The van der Waals surface area contributed by atoms with Gasteiger partial charge in [0.15, 0.2) is 0 Å². The second-order valence-corrected chi connectivity index (χ2v) is 6.72. The summed E-state index contributed by atoms with van der Waals surface area (Å²) in [6.45, 7) is 12.2. The number of nitrogens with zero attached hydrogens (tertiary/aromatic N) is 1. The van der Waals surface area contributed by atoms with Crippen LogP contribution in [0.1, 0.15) is 20.8 Å². The van der Waals surface area contributed by atoms with Gasteiger partial charge in [-0.3, -0.25) is 4.90 Å².